The lowest BCUT2D eigenvalue weighted by Crippen LogP contribution is -1.81. The van der Waals surface area contributed by atoms with Gasteiger partial charge in [-0.15, -0.1) is 11.8 Å². The zero-order chi connectivity index (χ0) is 10.2. The number of rotatable bonds is 5. The van der Waals surface area contributed by atoms with E-state index in [2.05, 4.69) is 6.07 Å². The van der Waals surface area contributed by atoms with Crippen LogP contribution >= 0.6 is 11.8 Å². The summed E-state index contributed by atoms with van der Waals surface area (Å²) >= 11 is 1.70. The molecule has 1 aromatic rings. The lowest BCUT2D eigenvalue weighted by Gasteiger charge is -1.99. The summed E-state index contributed by atoms with van der Waals surface area (Å²) in [6.45, 7) is 0. The van der Waals surface area contributed by atoms with Gasteiger partial charge < -0.3 is 0 Å². The summed E-state index contributed by atoms with van der Waals surface area (Å²) < 4.78 is 12.5. The molecule has 0 aliphatic rings. The van der Waals surface area contributed by atoms with Crippen molar-refractivity contribution >= 4 is 11.8 Å². The Morgan fingerprint density at radius 2 is 1.93 bits per heavy atom. The van der Waals surface area contributed by atoms with Gasteiger partial charge in [0, 0.05) is 11.3 Å². The predicted molar refractivity (Wildman–Crippen MR) is 56.6 cm³/mol. The van der Waals surface area contributed by atoms with E-state index in [1.165, 1.54) is 12.1 Å². The van der Waals surface area contributed by atoms with Crippen molar-refractivity contribution in [3.8, 4) is 6.07 Å². The van der Waals surface area contributed by atoms with E-state index in [4.69, 9.17) is 5.26 Å². The SMILES string of the molecule is N#CCCCCSc1ccc(F)cc1. The summed E-state index contributed by atoms with van der Waals surface area (Å²) in [4.78, 5) is 1.09. The maximum atomic E-state index is 12.5. The molecule has 0 aliphatic heterocycles. The molecule has 0 unspecified atom stereocenters. The molecule has 0 amide bonds. The zero-order valence-corrected chi connectivity index (χ0v) is 8.69. The Morgan fingerprint density at radius 3 is 2.57 bits per heavy atom. The molecule has 0 spiro atoms. The van der Waals surface area contributed by atoms with Crippen molar-refractivity contribution in [1.29, 1.82) is 5.26 Å². The number of hydrogen-bond donors (Lipinski definition) is 0. The quantitative estimate of drug-likeness (QED) is 0.546. The van der Waals surface area contributed by atoms with Gasteiger partial charge >= 0.3 is 0 Å². The number of thioether (sulfide) groups is 1. The first kappa shape index (κ1) is 11.1. The highest BCUT2D eigenvalue weighted by Gasteiger charge is 1.94. The Kier molecular flexibility index (Phi) is 5.09. The summed E-state index contributed by atoms with van der Waals surface area (Å²) in [6.07, 6.45) is 2.62. The van der Waals surface area contributed by atoms with E-state index in [1.807, 2.05) is 0 Å². The molecule has 14 heavy (non-hydrogen) atoms. The maximum Gasteiger partial charge on any atom is 0.123 e. The third-order valence-corrected chi connectivity index (χ3v) is 2.86. The van der Waals surface area contributed by atoms with Gasteiger partial charge in [0.25, 0.3) is 0 Å². The van der Waals surface area contributed by atoms with Gasteiger partial charge in [-0.25, -0.2) is 4.39 Å². The number of hydrogen-bond acceptors (Lipinski definition) is 2. The molecule has 1 nitrogen and oxygen atoms in total. The van der Waals surface area contributed by atoms with Crippen LogP contribution in [0.2, 0.25) is 0 Å². The van der Waals surface area contributed by atoms with Gasteiger partial charge in [-0.3, -0.25) is 0 Å². The molecule has 0 aliphatic carbocycles. The molecule has 0 aromatic heterocycles. The highest BCUT2D eigenvalue weighted by atomic mass is 32.2. The van der Waals surface area contributed by atoms with Crippen LogP contribution in [0.25, 0.3) is 0 Å². The predicted octanol–water partition coefficient (Wildman–Crippen LogP) is 3.61. The average Bonchev–Trinajstić information content (AvgIpc) is 2.21. The van der Waals surface area contributed by atoms with E-state index in [0.29, 0.717) is 6.42 Å². The third-order valence-electron chi connectivity index (χ3n) is 1.77. The molecule has 1 aromatic carbocycles. The van der Waals surface area contributed by atoms with Crippen molar-refractivity contribution in [2.75, 3.05) is 5.75 Å². The lowest BCUT2D eigenvalue weighted by molar-refractivity contribution is 0.626. The molecular formula is C11H12FNS. The molecule has 0 atom stereocenters. The standard InChI is InChI=1S/C11H12FNS/c12-10-4-6-11(7-5-10)14-9-3-1-2-8-13/h4-7H,1-3,9H2. The molecule has 0 saturated heterocycles. The summed E-state index contributed by atoms with van der Waals surface area (Å²) in [5, 5.41) is 8.31. The first-order chi connectivity index (χ1) is 6.83. The minimum absolute atomic E-state index is 0.196. The van der Waals surface area contributed by atoms with Crippen molar-refractivity contribution in [2.45, 2.75) is 24.2 Å². The van der Waals surface area contributed by atoms with Crippen molar-refractivity contribution in [3.63, 3.8) is 0 Å². The van der Waals surface area contributed by atoms with Crippen molar-refractivity contribution < 1.29 is 4.39 Å². The normalized spacial score (nSPS) is 9.71. The molecule has 3 heteroatoms. The van der Waals surface area contributed by atoms with Crippen LogP contribution in [0.15, 0.2) is 29.2 Å². The fourth-order valence-electron chi connectivity index (χ4n) is 1.03. The first-order valence-electron chi connectivity index (χ1n) is 4.58. The van der Waals surface area contributed by atoms with E-state index < -0.39 is 0 Å². The van der Waals surface area contributed by atoms with E-state index in [9.17, 15) is 4.39 Å². The summed E-state index contributed by atoms with van der Waals surface area (Å²) in [7, 11) is 0. The Labute approximate surface area is 87.9 Å². The van der Waals surface area contributed by atoms with Crippen LogP contribution < -0.4 is 0 Å². The monoisotopic (exact) mass is 209 g/mol. The van der Waals surface area contributed by atoms with E-state index in [1.54, 1.807) is 23.9 Å². The fourth-order valence-corrected chi connectivity index (χ4v) is 1.94. The second-order valence-electron chi connectivity index (χ2n) is 2.92. The molecule has 1 rings (SSSR count). The van der Waals surface area contributed by atoms with Crippen LogP contribution in [0, 0.1) is 17.1 Å². The van der Waals surface area contributed by atoms with Crippen LogP contribution in [0.4, 0.5) is 4.39 Å². The van der Waals surface area contributed by atoms with E-state index in [0.717, 1.165) is 23.5 Å². The van der Waals surface area contributed by atoms with Gasteiger partial charge in [-0.1, -0.05) is 0 Å². The maximum absolute atomic E-state index is 12.5. The lowest BCUT2D eigenvalue weighted by atomic mass is 10.3. The van der Waals surface area contributed by atoms with Crippen LogP contribution in [-0.2, 0) is 0 Å². The molecule has 74 valence electrons. The topological polar surface area (TPSA) is 23.8 Å². The molecular weight excluding hydrogens is 197 g/mol. The molecule has 0 heterocycles. The van der Waals surface area contributed by atoms with Crippen molar-refractivity contribution in [2.24, 2.45) is 0 Å². The van der Waals surface area contributed by atoms with Crippen LogP contribution in [0.3, 0.4) is 0 Å². The summed E-state index contributed by atoms with van der Waals surface area (Å²) in [6, 6.07) is 8.62. The minimum atomic E-state index is -0.196. The van der Waals surface area contributed by atoms with Crippen LogP contribution in [0.5, 0.6) is 0 Å². The van der Waals surface area contributed by atoms with Gasteiger partial charge in [0.05, 0.1) is 6.07 Å². The Hall–Kier alpha value is -1.01. The molecule has 0 fully saturated rings. The van der Waals surface area contributed by atoms with E-state index >= 15 is 0 Å². The Morgan fingerprint density at radius 1 is 1.21 bits per heavy atom. The fraction of sp³-hybridized carbons (Fsp3) is 0.364. The zero-order valence-electron chi connectivity index (χ0n) is 7.87. The van der Waals surface area contributed by atoms with Gasteiger partial charge in [-0.05, 0) is 42.9 Å². The second kappa shape index (κ2) is 6.44. The van der Waals surface area contributed by atoms with Gasteiger partial charge in [0.2, 0.25) is 0 Å². The molecule has 0 saturated carbocycles. The van der Waals surface area contributed by atoms with E-state index in [-0.39, 0.29) is 5.82 Å². The third kappa shape index (κ3) is 4.29. The Bertz CT molecular complexity index is 302. The number of unbranched alkanes of at least 4 members (excludes halogenated alkanes) is 2. The number of nitriles is 1. The molecule has 0 N–H and O–H groups in total. The number of halogens is 1. The summed E-state index contributed by atoms with van der Waals surface area (Å²) in [5.74, 6) is 0.798. The van der Waals surface area contributed by atoms with Gasteiger partial charge in [0.1, 0.15) is 5.82 Å². The number of benzene rings is 1. The molecule has 0 radical (unpaired) electrons. The number of nitrogens with zero attached hydrogens (tertiary/aromatic N) is 1. The van der Waals surface area contributed by atoms with Gasteiger partial charge in [0.15, 0.2) is 0 Å². The largest absolute Gasteiger partial charge is 0.207 e. The van der Waals surface area contributed by atoms with Gasteiger partial charge in [-0.2, -0.15) is 5.26 Å². The summed E-state index contributed by atoms with van der Waals surface area (Å²) in [5.41, 5.74) is 0. The van der Waals surface area contributed by atoms with Crippen LogP contribution in [-0.4, -0.2) is 5.75 Å². The minimum Gasteiger partial charge on any atom is -0.207 e. The van der Waals surface area contributed by atoms with Crippen LogP contribution in [0.1, 0.15) is 19.3 Å². The second-order valence-corrected chi connectivity index (χ2v) is 4.09. The van der Waals surface area contributed by atoms with Crippen molar-refractivity contribution in [1.82, 2.24) is 0 Å². The van der Waals surface area contributed by atoms with Crippen molar-refractivity contribution in [3.05, 3.63) is 30.1 Å². The smallest absolute Gasteiger partial charge is 0.123 e. The highest BCUT2D eigenvalue weighted by molar-refractivity contribution is 7.99. The first-order valence-corrected chi connectivity index (χ1v) is 5.57. The highest BCUT2D eigenvalue weighted by Crippen LogP contribution is 2.19. The average molecular weight is 209 g/mol. The Balaban J connectivity index is 2.19. The molecule has 0 bridgehead atoms.